The second-order valence-electron chi connectivity index (χ2n) is 8.70. The van der Waals surface area contributed by atoms with Gasteiger partial charge in [0.1, 0.15) is 0 Å². The minimum Gasteiger partial charge on any atom is -0.379 e. The molecule has 1 aliphatic carbocycles. The Morgan fingerprint density at radius 3 is 2.19 bits per heavy atom. The van der Waals surface area contributed by atoms with Crippen molar-refractivity contribution in [1.29, 1.82) is 0 Å². The van der Waals surface area contributed by atoms with Gasteiger partial charge in [-0.05, 0) is 49.8 Å². The molecule has 1 N–H and O–H groups in total. The first-order chi connectivity index (χ1) is 13.4. The average Bonchev–Trinajstić information content (AvgIpc) is 2.76. The lowest BCUT2D eigenvalue weighted by Gasteiger charge is -2.48. The molecule has 3 fully saturated rings. The van der Waals surface area contributed by atoms with Crippen LogP contribution in [0.15, 0.2) is 24.3 Å². The number of hydrogen-bond acceptors (Lipinski definition) is 4. The van der Waals surface area contributed by atoms with Crippen LogP contribution in [0, 0.1) is 0 Å². The Bertz CT molecular complexity index is 555. The molecule has 4 rings (SSSR count). The van der Waals surface area contributed by atoms with Crippen LogP contribution in [0.5, 0.6) is 0 Å². The number of morpholine rings is 1. The maximum Gasteiger partial charge on any atom is 0.0594 e. The van der Waals surface area contributed by atoms with E-state index in [0.717, 1.165) is 39.4 Å². The highest BCUT2D eigenvalue weighted by molar-refractivity contribution is 5.47. The summed E-state index contributed by atoms with van der Waals surface area (Å²) in [6.45, 7) is 8.55. The van der Waals surface area contributed by atoms with Crippen molar-refractivity contribution >= 4 is 5.69 Å². The predicted molar refractivity (Wildman–Crippen MR) is 112 cm³/mol. The van der Waals surface area contributed by atoms with Crippen molar-refractivity contribution in [1.82, 2.24) is 10.2 Å². The fourth-order valence-corrected chi connectivity index (χ4v) is 5.27. The van der Waals surface area contributed by atoms with Gasteiger partial charge in [0, 0.05) is 50.5 Å². The molecule has 0 radical (unpaired) electrons. The summed E-state index contributed by atoms with van der Waals surface area (Å²) >= 11 is 0. The molecule has 3 aliphatic rings. The van der Waals surface area contributed by atoms with E-state index in [2.05, 4.69) is 39.4 Å². The molecule has 0 amide bonds. The van der Waals surface area contributed by atoms with E-state index in [9.17, 15) is 0 Å². The third kappa shape index (κ3) is 4.85. The molecule has 1 saturated carbocycles. The highest BCUT2D eigenvalue weighted by Crippen LogP contribution is 2.34. The second-order valence-corrected chi connectivity index (χ2v) is 8.70. The van der Waals surface area contributed by atoms with Crippen molar-refractivity contribution in [2.24, 2.45) is 0 Å². The van der Waals surface area contributed by atoms with Gasteiger partial charge in [-0.1, -0.05) is 31.4 Å². The molecule has 1 aromatic rings. The van der Waals surface area contributed by atoms with Crippen LogP contribution in [0.25, 0.3) is 0 Å². The Labute approximate surface area is 165 Å². The summed E-state index contributed by atoms with van der Waals surface area (Å²) in [5, 5.41) is 3.81. The van der Waals surface area contributed by atoms with Crippen LogP contribution in [-0.4, -0.2) is 56.4 Å². The molecule has 2 aliphatic heterocycles. The van der Waals surface area contributed by atoms with E-state index in [4.69, 9.17) is 4.74 Å². The van der Waals surface area contributed by atoms with E-state index in [-0.39, 0.29) is 0 Å². The molecule has 0 bridgehead atoms. The van der Waals surface area contributed by atoms with Gasteiger partial charge in [-0.25, -0.2) is 0 Å². The fourth-order valence-electron chi connectivity index (χ4n) is 5.27. The number of nitrogens with one attached hydrogen (secondary N) is 1. The summed E-state index contributed by atoms with van der Waals surface area (Å²) in [7, 11) is 0. The summed E-state index contributed by atoms with van der Waals surface area (Å²) in [5.41, 5.74) is 3.16. The maximum atomic E-state index is 5.60. The van der Waals surface area contributed by atoms with Crippen LogP contribution < -0.4 is 10.2 Å². The number of hydrogen-bond donors (Lipinski definition) is 1. The van der Waals surface area contributed by atoms with Crippen LogP contribution in [0.2, 0.25) is 0 Å². The Balaban J connectivity index is 1.31. The molecular formula is C23H37N3O. The number of ether oxygens (including phenoxy) is 1. The number of nitrogens with zero attached hydrogens (tertiary/aromatic N) is 2. The van der Waals surface area contributed by atoms with Crippen LogP contribution in [0.4, 0.5) is 5.69 Å². The average molecular weight is 372 g/mol. The fraction of sp³-hybridized carbons (Fsp3) is 0.739. The lowest BCUT2D eigenvalue weighted by Crippen LogP contribution is -2.59. The quantitative estimate of drug-likeness (QED) is 0.823. The minimum atomic E-state index is 0.357. The SMILES string of the molecule is c1cc(N2CCCCC2)ccc1CNCC1(N2CCOCC2)CCCCC1. The van der Waals surface area contributed by atoms with Crippen molar-refractivity contribution in [3.63, 3.8) is 0 Å². The van der Waals surface area contributed by atoms with Gasteiger partial charge in [-0.3, -0.25) is 4.90 Å². The molecule has 2 saturated heterocycles. The Hall–Kier alpha value is -1.10. The van der Waals surface area contributed by atoms with Gasteiger partial charge in [0.05, 0.1) is 13.2 Å². The number of benzene rings is 1. The highest BCUT2D eigenvalue weighted by atomic mass is 16.5. The standard InChI is InChI=1S/C23H37N3O/c1-3-11-23(12-4-1,26-15-17-27-18-16-26)20-24-19-21-7-9-22(10-8-21)25-13-5-2-6-14-25/h7-10,24H,1-6,11-20H2. The summed E-state index contributed by atoms with van der Waals surface area (Å²) in [6.07, 6.45) is 10.9. The third-order valence-corrected chi connectivity index (χ3v) is 6.91. The number of anilines is 1. The molecule has 0 spiro atoms. The van der Waals surface area contributed by atoms with Gasteiger partial charge >= 0.3 is 0 Å². The zero-order valence-corrected chi connectivity index (χ0v) is 16.9. The molecule has 1 aromatic carbocycles. The number of rotatable bonds is 6. The molecule has 0 unspecified atom stereocenters. The number of piperidine rings is 1. The predicted octanol–water partition coefficient (Wildman–Crippen LogP) is 3.80. The zero-order valence-electron chi connectivity index (χ0n) is 16.9. The van der Waals surface area contributed by atoms with Crippen molar-refractivity contribution in [3.8, 4) is 0 Å². The topological polar surface area (TPSA) is 27.7 Å². The Morgan fingerprint density at radius 1 is 0.815 bits per heavy atom. The monoisotopic (exact) mass is 371 g/mol. The summed E-state index contributed by atoms with van der Waals surface area (Å²) in [4.78, 5) is 5.26. The van der Waals surface area contributed by atoms with E-state index >= 15 is 0 Å². The highest BCUT2D eigenvalue weighted by Gasteiger charge is 2.38. The maximum absolute atomic E-state index is 5.60. The van der Waals surface area contributed by atoms with Gasteiger partial charge in [-0.15, -0.1) is 0 Å². The molecule has 4 nitrogen and oxygen atoms in total. The molecule has 0 atom stereocenters. The Kier molecular flexibility index (Phi) is 6.69. The van der Waals surface area contributed by atoms with Crippen molar-refractivity contribution in [3.05, 3.63) is 29.8 Å². The van der Waals surface area contributed by atoms with Crippen molar-refractivity contribution in [2.45, 2.75) is 63.5 Å². The van der Waals surface area contributed by atoms with Crippen molar-refractivity contribution in [2.75, 3.05) is 50.8 Å². The zero-order chi connectivity index (χ0) is 18.4. The first-order valence-corrected chi connectivity index (χ1v) is 11.2. The second kappa shape index (κ2) is 9.40. The van der Waals surface area contributed by atoms with Gasteiger partial charge < -0.3 is 15.0 Å². The van der Waals surface area contributed by atoms with Gasteiger partial charge in [0.15, 0.2) is 0 Å². The van der Waals surface area contributed by atoms with E-state index in [1.165, 1.54) is 75.7 Å². The van der Waals surface area contributed by atoms with Gasteiger partial charge in [-0.2, -0.15) is 0 Å². The van der Waals surface area contributed by atoms with Gasteiger partial charge in [0.25, 0.3) is 0 Å². The Morgan fingerprint density at radius 2 is 1.48 bits per heavy atom. The molecule has 27 heavy (non-hydrogen) atoms. The molecule has 0 aromatic heterocycles. The largest absolute Gasteiger partial charge is 0.379 e. The molecule has 2 heterocycles. The van der Waals surface area contributed by atoms with Crippen LogP contribution >= 0.6 is 0 Å². The molecular weight excluding hydrogens is 334 g/mol. The lowest BCUT2D eigenvalue weighted by atomic mass is 9.79. The van der Waals surface area contributed by atoms with Crippen LogP contribution in [-0.2, 0) is 11.3 Å². The smallest absolute Gasteiger partial charge is 0.0594 e. The van der Waals surface area contributed by atoms with Crippen LogP contribution in [0.1, 0.15) is 56.9 Å². The van der Waals surface area contributed by atoms with Crippen LogP contribution in [0.3, 0.4) is 0 Å². The summed E-state index contributed by atoms with van der Waals surface area (Å²) in [5.74, 6) is 0. The van der Waals surface area contributed by atoms with E-state index in [1.807, 2.05) is 0 Å². The van der Waals surface area contributed by atoms with E-state index in [1.54, 1.807) is 0 Å². The summed E-state index contributed by atoms with van der Waals surface area (Å²) < 4.78 is 5.60. The minimum absolute atomic E-state index is 0.357. The first-order valence-electron chi connectivity index (χ1n) is 11.2. The summed E-state index contributed by atoms with van der Waals surface area (Å²) in [6, 6.07) is 9.28. The van der Waals surface area contributed by atoms with E-state index in [0.29, 0.717) is 5.54 Å². The molecule has 4 heteroatoms. The lowest BCUT2D eigenvalue weighted by molar-refractivity contribution is -0.0369. The van der Waals surface area contributed by atoms with E-state index < -0.39 is 0 Å². The molecule has 150 valence electrons. The van der Waals surface area contributed by atoms with Crippen molar-refractivity contribution < 1.29 is 4.74 Å². The normalized spacial score (nSPS) is 24.1. The van der Waals surface area contributed by atoms with Gasteiger partial charge in [0.2, 0.25) is 0 Å². The third-order valence-electron chi connectivity index (χ3n) is 6.91. The first kappa shape index (κ1) is 19.2.